The number of primary amides is 1. The van der Waals surface area contributed by atoms with E-state index >= 15 is 0 Å². The molecule has 0 spiro atoms. The third-order valence-electron chi connectivity index (χ3n) is 2.82. The fourth-order valence-electron chi connectivity index (χ4n) is 1.66. The lowest BCUT2D eigenvalue weighted by molar-refractivity contribution is 0.256. The maximum Gasteiger partial charge on any atom is 0.353 e. The van der Waals surface area contributed by atoms with E-state index in [0.717, 1.165) is 5.56 Å². The number of halogens is 1. The van der Waals surface area contributed by atoms with E-state index in [1.54, 1.807) is 36.4 Å². The molecule has 2 aromatic carbocycles. The van der Waals surface area contributed by atoms with Crippen LogP contribution in [0, 0.1) is 6.92 Å². The van der Waals surface area contributed by atoms with E-state index in [1.807, 2.05) is 11.6 Å². The van der Waals surface area contributed by atoms with E-state index in [1.165, 1.54) is 12.1 Å². The average molecular weight is 447 g/mol. The van der Waals surface area contributed by atoms with Crippen LogP contribution in [-0.2, 0) is 20.5 Å². The van der Waals surface area contributed by atoms with Crippen molar-refractivity contribution < 1.29 is 26.4 Å². The van der Waals surface area contributed by atoms with Crippen molar-refractivity contribution in [1.29, 1.82) is 0 Å². The molecule has 0 unspecified atom stereocenters. The van der Waals surface area contributed by atoms with E-state index in [9.17, 15) is 26.4 Å². The van der Waals surface area contributed by atoms with Crippen molar-refractivity contribution >= 4 is 49.9 Å². The number of amides is 4. The molecule has 10 nitrogen and oxygen atoms in total. The zero-order valence-electron chi connectivity index (χ0n) is 14.3. The Morgan fingerprint density at radius 2 is 1.57 bits per heavy atom. The normalized spacial score (nSPS) is 10.1. The second-order valence-electron chi connectivity index (χ2n) is 5.03. The van der Waals surface area contributed by atoms with Gasteiger partial charge in [-0.2, -0.15) is 8.42 Å². The van der Waals surface area contributed by atoms with Gasteiger partial charge >= 0.3 is 22.6 Å². The SMILES string of the molecule is Cc1ccc(S(=O)(=O)NC(=O)Nc2ccc(Cl)cc2)cc1.NC(=O)N=S(=O)=O. The van der Waals surface area contributed by atoms with Gasteiger partial charge in [0.05, 0.1) is 4.90 Å². The molecule has 0 saturated heterocycles. The van der Waals surface area contributed by atoms with Gasteiger partial charge < -0.3 is 11.1 Å². The second-order valence-corrected chi connectivity index (χ2v) is 7.76. The molecular weight excluding hydrogens is 432 g/mol. The molecule has 0 atom stereocenters. The van der Waals surface area contributed by atoms with E-state index < -0.39 is 32.6 Å². The Morgan fingerprint density at radius 1 is 1.04 bits per heavy atom. The highest BCUT2D eigenvalue weighted by molar-refractivity contribution is 7.90. The fraction of sp³-hybridized carbons (Fsp3) is 0.0667. The molecule has 0 heterocycles. The molecule has 0 aliphatic rings. The number of nitrogens with one attached hydrogen (secondary N) is 2. The summed E-state index contributed by atoms with van der Waals surface area (Å²) in [5.74, 6) is 0. The van der Waals surface area contributed by atoms with Crippen LogP contribution in [0.5, 0.6) is 0 Å². The van der Waals surface area contributed by atoms with Gasteiger partial charge in [-0.15, -0.1) is 0 Å². The molecule has 150 valence electrons. The van der Waals surface area contributed by atoms with Crippen LogP contribution in [0.2, 0.25) is 5.02 Å². The van der Waals surface area contributed by atoms with E-state index in [-0.39, 0.29) is 4.90 Å². The summed E-state index contributed by atoms with van der Waals surface area (Å²) < 4.78 is 47.0. The van der Waals surface area contributed by atoms with E-state index in [4.69, 9.17) is 11.6 Å². The third-order valence-corrected chi connectivity index (χ3v) is 4.75. The van der Waals surface area contributed by atoms with Crippen molar-refractivity contribution in [1.82, 2.24) is 4.72 Å². The molecule has 13 heteroatoms. The lowest BCUT2D eigenvalue weighted by Crippen LogP contribution is -2.34. The Labute approximate surface area is 167 Å². The van der Waals surface area contributed by atoms with Crippen LogP contribution in [0.1, 0.15) is 5.56 Å². The van der Waals surface area contributed by atoms with Gasteiger partial charge in [-0.1, -0.05) is 33.7 Å². The van der Waals surface area contributed by atoms with Crippen LogP contribution >= 0.6 is 11.6 Å². The van der Waals surface area contributed by atoms with Gasteiger partial charge in [0.25, 0.3) is 10.0 Å². The highest BCUT2D eigenvalue weighted by Gasteiger charge is 2.17. The van der Waals surface area contributed by atoms with Gasteiger partial charge in [0.15, 0.2) is 0 Å². The molecule has 4 amide bonds. The predicted molar refractivity (Wildman–Crippen MR) is 103 cm³/mol. The zero-order chi connectivity index (χ0) is 21.3. The van der Waals surface area contributed by atoms with Crippen LogP contribution < -0.4 is 15.8 Å². The highest BCUT2D eigenvalue weighted by atomic mass is 35.5. The van der Waals surface area contributed by atoms with Crippen LogP contribution in [0.4, 0.5) is 15.3 Å². The smallest absolute Gasteiger partial charge is 0.349 e. The largest absolute Gasteiger partial charge is 0.353 e. The number of carbonyl (C=O) groups is 2. The monoisotopic (exact) mass is 446 g/mol. The number of urea groups is 2. The third kappa shape index (κ3) is 8.62. The Balaban J connectivity index is 0.000000480. The highest BCUT2D eigenvalue weighted by Crippen LogP contribution is 2.14. The van der Waals surface area contributed by atoms with Crippen molar-refractivity contribution in [2.45, 2.75) is 11.8 Å². The van der Waals surface area contributed by atoms with E-state index in [2.05, 4.69) is 15.4 Å². The number of carbonyl (C=O) groups excluding carboxylic acids is 2. The Hall–Kier alpha value is -2.96. The number of nitrogens with two attached hydrogens (primary N) is 1. The lowest BCUT2D eigenvalue weighted by Gasteiger charge is -2.09. The average Bonchev–Trinajstić information content (AvgIpc) is 2.56. The number of hydrogen-bond donors (Lipinski definition) is 3. The summed E-state index contributed by atoms with van der Waals surface area (Å²) >= 11 is 5.72. The molecule has 28 heavy (non-hydrogen) atoms. The van der Waals surface area contributed by atoms with Crippen LogP contribution in [-0.4, -0.2) is 28.9 Å². The Bertz CT molecular complexity index is 1070. The molecule has 0 fully saturated rings. The summed E-state index contributed by atoms with van der Waals surface area (Å²) in [5, 5.41) is 2.94. The Kier molecular flexibility index (Phi) is 8.57. The Morgan fingerprint density at radius 3 is 2.00 bits per heavy atom. The number of aryl methyl sites for hydroxylation is 1. The maximum atomic E-state index is 12.0. The minimum absolute atomic E-state index is 0.0272. The summed E-state index contributed by atoms with van der Waals surface area (Å²) in [6.07, 6.45) is 0. The maximum absolute atomic E-state index is 12.0. The van der Waals surface area contributed by atoms with Gasteiger partial charge in [-0.3, -0.25) is 0 Å². The first-order chi connectivity index (χ1) is 13.0. The van der Waals surface area contributed by atoms with Gasteiger partial charge in [-0.25, -0.2) is 22.7 Å². The van der Waals surface area contributed by atoms with Crippen molar-refractivity contribution in [2.24, 2.45) is 10.1 Å². The van der Waals surface area contributed by atoms with Crippen LogP contribution in [0.15, 0.2) is 57.8 Å². The molecule has 2 aromatic rings. The number of sulfonamides is 1. The lowest BCUT2D eigenvalue weighted by atomic mass is 10.2. The number of nitrogens with zero attached hydrogens (tertiary/aromatic N) is 1. The predicted octanol–water partition coefficient (Wildman–Crippen LogP) is 2.29. The molecule has 4 N–H and O–H groups in total. The molecule has 0 saturated carbocycles. The number of hydrogen-bond acceptors (Lipinski definition) is 6. The van der Waals surface area contributed by atoms with E-state index in [0.29, 0.717) is 10.7 Å². The summed E-state index contributed by atoms with van der Waals surface area (Å²) in [7, 11) is -6.59. The topological polar surface area (TPSA) is 165 Å². The first-order valence-electron chi connectivity index (χ1n) is 7.26. The van der Waals surface area contributed by atoms with Crippen LogP contribution in [0.3, 0.4) is 0 Å². The quantitative estimate of drug-likeness (QED) is 0.654. The minimum Gasteiger partial charge on any atom is -0.349 e. The first kappa shape index (κ1) is 23.1. The minimum atomic E-state index is -3.89. The molecule has 0 aromatic heterocycles. The molecule has 0 bridgehead atoms. The molecular formula is C15H15ClN4O6S2. The summed E-state index contributed by atoms with van der Waals surface area (Å²) in [4.78, 5) is 21.2. The number of anilines is 1. The van der Waals surface area contributed by atoms with Crippen LogP contribution in [0.25, 0.3) is 0 Å². The number of rotatable bonds is 3. The molecule has 0 aliphatic carbocycles. The first-order valence-corrected chi connectivity index (χ1v) is 10.2. The summed E-state index contributed by atoms with van der Waals surface area (Å²) in [5.41, 5.74) is 5.67. The van der Waals surface area contributed by atoms with Crippen molar-refractivity contribution in [3.05, 3.63) is 59.1 Å². The van der Waals surface area contributed by atoms with Gasteiger partial charge in [-0.05, 0) is 43.3 Å². The zero-order valence-corrected chi connectivity index (χ0v) is 16.7. The summed E-state index contributed by atoms with van der Waals surface area (Å²) in [6.45, 7) is 1.84. The molecule has 2 rings (SSSR count). The summed E-state index contributed by atoms with van der Waals surface area (Å²) in [6, 6.07) is 10.5. The van der Waals surface area contributed by atoms with Gasteiger partial charge in [0.2, 0.25) is 0 Å². The van der Waals surface area contributed by atoms with Gasteiger partial charge in [0.1, 0.15) is 0 Å². The van der Waals surface area contributed by atoms with Crippen molar-refractivity contribution in [3.8, 4) is 0 Å². The number of benzene rings is 2. The van der Waals surface area contributed by atoms with Gasteiger partial charge in [0, 0.05) is 10.7 Å². The molecule has 0 aliphatic heterocycles. The fourth-order valence-corrected chi connectivity index (χ4v) is 2.84. The van der Waals surface area contributed by atoms with Crippen molar-refractivity contribution in [2.75, 3.05) is 5.32 Å². The molecule has 0 radical (unpaired) electrons. The second kappa shape index (κ2) is 10.4. The standard InChI is InChI=1S/C14H13ClN2O3S.CH2N2O3S/c1-10-2-8-13(9-3-10)21(19,20)17-14(18)16-12-6-4-11(15)5-7-12;2-1(4)3-7(5)6/h2-9H,1H3,(H2,16,17,18);(H2,2,4). The van der Waals surface area contributed by atoms with Crippen molar-refractivity contribution in [3.63, 3.8) is 0 Å².